The second-order valence-corrected chi connectivity index (χ2v) is 8.72. The smallest absolute Gasteiger partial charge is 0.410 e. The van der Waals surface area contributed by atoms with Gasteiger partial charge in [0.25, 0.3) is 5.91 Å². The van der Waals surface area contributed by atoms with E-state index >= 15 is 0 Å². The second kappa shape index (κ2) is 9.76. The Bertz CT molecular complexity index is 749. The van der Waals surface area contributed by atoms with Gasteiger partial charge in [-0.3, -0.25) is 9.59 Å². The van der Waals surface area contributed by atoms with Crippen molar-refractivity contribution in [2.24, 2.45) is 0 Å². The van der Waals surface area contributed by atoms with E-state index in [-0.39, 0.29) is 24.4 Å². The zero-order valence-corrected chi connectivity index (χ0v) is 18.1. The number of amides is 3. The highest BCUT2D eigenvalue weighted by Gasteiger charge is 2.21. The van der Waals surface area contributed by atoms with Gasteiger partial charge in [0.2, 0.25) is 5.91 Å². The van der Waals surface area contributed by atoms with Gasteiger partial charge < -0.3 is 20.3 Å². The normalized spacial score (nSPS) is 14.8. The number of carbonyl (C=O) groups is 3. The fraction of sp³-hybridized carbons (Fsp3) is 0.591. The van der Waals surface area contributed by atoms with Crippen LogP contribution >= 0.6 is 0 Å². The van der Waals surface area contributed by atoms with Crippen LogP contribution in [0.3, 0.4) is 0 Å². The maximum absolute atomic E-state index is 12.5. The summed E-state index contributed by atoms with van der Waals surface area (Å²) in [5.74, 6) is -0.414. The Morgan fingerprint density at radius 2 is 1.79 bits per heavy atom. The monoisotopic (exact) mass is 403 g/mol. The van der Waals surface area contributed by atoms with Crippen LogP contribution in [0.1, 0.15) is 68.8 Å². The van der Waals surface area contributed by atoms with Crippen molar-refractivity contribution >= 4 is 23.6 Å². The standard InChI is InChI=1S/C22H33N3O4/c1-15-13-16(20(27)23-17-9-7-6-8-10-17)11-12-18(15)24-19(26)14-25(5)21(28)29-22(2,3)4/h11-13,17H,6-10,14H2,1-5H3,(H,23,27)(H,24,26). The van der Waals surface area contributed by atoms with E-state index in [0.717, 1.165) is 31.2 Å². The Hall–Kier alpha value is -2.57. The van der Waals surface area contributed by atoms with Crippen molar-refractivity contribution in [3.05, 3.63) is 29.3 Å². The summed E-state index contributed by atoms with van der Waals surface area (Å²) in [4.78, 5) is 38.0. The summed E-state index contributed by atoms with van der Waals surface area (Å²) in [7, 11) is 1.51. The zero-order valence-electron chi connectivity index (χ0n) is 18.1. The highest BCUT2D eigenvalue weighted by molar-refractivity contribution is 5.97. The molecule has 160 valence electrons. The van der Waals surface area contributed by atoms with Crippen molar-refractivity contribution < 1.29 is 19.1 Å². The Morgan fingerprint density at radius 3 is 2.38 bits per heavy atom. The molecule has 3 amide bonds. The molecule has 1 saturated carbocycles. The lowest BCUT2D eigenvalue weighted by Crippen LogP contribution is -2.38. The Morgan fingerprint density at radius 1 is 1.14 bits per heavy atom. The molecule has 0 heterocycles. The molecule has 0 atom stereocenters. The Kier molecular flexibility index (Phi) is 7.65. The third-order valence-corrected chi connectivity index (χ3v) is 4.79. The molecule has 2 N–H and O–H groups in total. The molecule has 7 heteroatoms. The fourth-order valence-electron chi connectivity index (χ4n) is 3.27. The van der Waals surface area contributed by atoms with Gasteiger partial charge in [0, 0.05) is 24.3 Å². The van der Waals surface area contributed by atoms with E-state index < -0.39 is 11.7 Å². The van der Waals surface area contributed by atoms with Gasteiger partial charge in [-0.1, -0.05) is 19.3 Å². The third-order valence-electron chi connectivity index (χ3n) is 4.79. The molecule has 0 bridgehead atoms. The average molecular weight is 404 g/mol. The van der Waals surface area contributed by atoms with Gasteiger partial charge in [-0.25, -0.2) is 4.79 Å². The van der Waals surface area contributed by atoms with E-state index in [2.05, 4.69) is 10.6 Å². The number of likely N-dealkylation sites (N-methyl/N-ethyl adjacent to an activating group) is 1. The van der Waals surface area contributed by atoms with Gasteiger partial charge in [0.15, 0.2) is 0 Å². The summed E-state index contributed by atoms with van der Waals surface area (Å²) in [6, 6.07) is 5.44. The first-order valence-electron chi connectivity index (χ1n) is 10.2. The molecule has 1 aromatic rings. The zero-order chi connectivity index (χ0) is 21.6. The molecule has 0 unspecified atom stereocenters. The van der Waals surface area contributed by atoms with E-state index in [1.165, 1.54) is 18.4 Å². The minimum atomic E-state index is -0.619. The molecule has 29 heavy (non-hydrogen) atoms. The maximum atomic E-state index is 12.5. The summed E-state index contributed by atoms with van der Waals surface area (Å²) in [5.41, 5.74) is 1.36. The van der Waals surface area contributed by atoms with Crippen LogP contribution in [0.25, 0.3) is 0 Å². The second-order valence-electron chi connectivity index (χ2n) is 8.72. The van der Waals surface area contributed by atoms with Gasteiger partial charge >= 0.3 is 6.09 Å². The summed E-state index contributed by atoms with van der Waals surface area (Å²) in [5, 5.41) is 5.88. The topological polar surface area (TPSA) is 87.7 Å². The number of hydrogen-bond donors (Lipinski definition) is 2. The predicted octanol–water partition coefficient (Wildman–Crippen LogP) is 3.86. The van der Waals surface area contributed by atoms with Crippen molar-refractivity contribution in [2.45, 2.75) is 71.4 Å². The number of aryl methyl sites for hydroxylation is 1. The molecule has 0 saturated heterocycles. The highest BCUT2D eigenvalue weighted by atomic mass is 16.6. The molecule has 7 nitrogen and oxygen atoms in total. The van der Waals surface area contributed by atoms with Crippen LogP contribution in [0.15, 0.2) is 18.2 Å². The number of rotatable bonds is 5. The van der Waals surface area contributed by atoms with Crippen LogP contribution < -0.4 is 10.6 Å². The summed E-state index contributed by atoms with van der Waals surface area (Å²) in [6.07, 6.45) is 5.07. The van der Waals surface area contributed by atoms with Gasteiger partial charge in [-0.05, 0) is 64.3 Å². The highest BCUT2D eigenvalue weighted by Crippen LogP contribution is 2.20. The average Bonchev–Trinajstić information content (AvgIpc) is 2.62. The quantitative estimate of drug-likeness (QED) is 0.781. The minimum Gasteiger partial charge on any atom is -0.444 e. The number of nitrogens with one attached hydrogen (secondary N) is 2. The molecular formula is C22H33N3O4. The first kappa shape index (κ1) is 22.7. The lowest BCUT2D eigenvalue weighted by molar-refractivity contribution is -0.117. The Labute approximate surface area is 173 Å². The summed E-state index contributed by atoms with van der Waals surface area (Å²) in [6.45, 7) is 7.03. The van der Waals surface area contributed by atoms with Gasteiger partial charge in [-0.2, -0.15) is 0 Å². The number of anilines is 1. The van der Waals surface area contributed by atoms with Crippen LogP contribution in [-0.2, 0) is 9.53 Å². The molecule has 0 aromatic heterocycles. The van der Waals surface area contributed by atoms with Crippen LogP contribution in [0, 0.1) is 6.92 Å². The number of hydrogen-bond acceptors (Lipinski definition) is 4. The number of ether oxygens (including phenoxy) is 1. The molecule has 2 rings (SSSR count). The maximum Gasteiger partial charge on any atom is 0.410 e. The van der Waals surface area contributed by atoms with Gasteiger partial charge in [0.1, 0.15) is 12.1 Å². The van der Waals surface area contributed by atoms with E-state index in [1.807, 2.05) is 6.92 Å². The van der Waals surface area contributed by atoms with Crippen molar-refractivity contribution in [1.29, 1.82) is 0 Å². The van der Waals surface area contributed by atoms with E-state index in [0.29, 0.717) is 11.3 Å². The molecule has 0 spiro atoms. The van der Waals surface area contributed by atoms with Gasteiger partial charge in [-0.15, -0.1) is 0 Å². The molecule has 1 fully saturated rings. The fourth-order valence-corrected chi connectivity index (χ4v) is 3.27. The van der Waals surface area contributed by atoms with Crippen molar-refractivity contribution in [1.82, 2.24) is 10.2 Å². The van der Waals surface area contributed by atoms with Crippen LogP contribution in [-0.4, -0.2) is 48.0 Å². The molecule has 0 aliphatic heterocycles. The minimum absolute atomic E-state index is 0.0810. The Balaban J connectivity index is 1.91. The SMILES string of the molecule is Cc1cc(C(=O)NC2CCCCC2)ccc1NC(=O)CN(C)C(=O)OC(C)(C)C. The number of benzene rings is 1. The summed E-state index contributed by atoms with van der Waals surface area (Å²) < 4.78 is 5.24. The molecule has 0 radical (unpaired) electrons. The first-order valence-corrected chi connectivity index (χ1v) is 10.2. The number of nitrogens with zero attached hydrogens (tertiary/aromatic N) is 1. The van der Waals surface area contributed by atoms with E-state index in [1.54, 1.807) is 39.0 Å². The van der Waals surface area contributed by atoms with E-state index in [4.69, 9.17) is 4.74 Å². The molecule has 1 aliphatic rings. The van der Waals surface area contributed by atoms with Gasteiger partial charge in [0.05, 0.1) is 0 Å². The van der Waals surface area contributed by atoms with Crippen molar-refractivity contribution in [2.75, 3.05) is 18.9 Å². The largest absolute Gasteiger partial charge is 0.444 e. The molecular weight excluding hydrogens is 370 g/mol. The van der Waals surface area contributed by atoms with Crippen molar-refractivity contribution in [3.63, 3.8) is 0 Å². The lowest BCUT2D eigenvalue weighted by Gasteiger charge is -2.24. The first-order chi connectivity index (χ1) is 13.5. The lowest BCUT2D eigenvalue weighted by atomic mass is 9.95. The number of carbonyl (C=O) groups excluding carboxylic acids is 3. The van der Waals surface area contributed by atoms with Crippen LogP contribution in [0.5, 0.6) is 0 Å². The third kappa shape index (κ3) is 7.40. The molecule has 1 aliphatic carbocycles. The predicted molar refractivity (Wildman–Crippen MR) is 113 cm³/mol. The van der Waals surface area contributed by atoms with Crippen molar-refractivity contribution in [3.8, 4) is 0 Å². The van der Waals surface area contributed by atoms with E-state index in [9.17, 15) is 14.4 Å². The molecule has 1 aromatic carbocycles. The summed E-state index contributed by atoms with van der Waals surface area (Å²) >= 11 is 0. The van der Waals surface area contributed by atoms with Crippen LogP contribution in [0.2, 0.25) is 0 Å². The van der Waals surface area contributed by atoms with Crippen LogP contribution in [0.4, 0.5) is 10.5 Å².